The van der Waals surface area contributed by atoms with Gasteiger partial charge in [0.15, 0.2) is 12.2 Å². The van der Waals surface area contributed by atoms with Crippen molar-refractivity contribution in [1.29, 1.82) is 0 Å². The molecule has 0 aromatic carbocycles. The first-order valence-corrected chi connectivity index (χ1v) is 8.59. The fraction of sp³-hybridized carbons (Fsp3) is 0.824. The van der Waals surface area contributed by atoms with Gasteiger partial charge >= 0.3 is 17.9 Å². The van der Waals surface area contributed by atoms with Crippen molar-refractivity contribution in [1.82, 2.24) is 0 Å². The van der Waals surface area contributed by atoms with Crippen molar-refractivity contribution < 1.29 is 43.5 Å². The number of carbonyl (C=O) groups excluding carboxylic acids is 3. The molecule has 1 fully saturated rings. The lowest BCUT2D eigenvalue weighted by Crippen LogP contribution is -2.66. The number of hydrogen-bond donors (Lipinski definition) is 2. The van der Waals surface area contributed by atoms with Crippen molar-refractivity contribution in [2.75, 3.05) is 6.61 Å². The van der Waals surface area contributed by atoms with Crippen LogP contribution in [-0.2, 0) is 33.3 Å². The minimum atomic E-state index is -1.44. The van der Waals surface area contributed by atoms with Crippen LogP contribution in [0.4, 0.5) is 0 Å². The molecule has 0 radical (unpaired) electrons. The van der Waals surface area contributed by atoms with Crippen LogP contribution in [0.5, 0.6) is 0 Å². The zero-order valence-electron chi connectivity index (χ0n) is 15.8. The van der Waals surface area contributed by atoms with Crippen molar-refractivity contribution in [3.8, 4) is 0 Å². The molecule has 1 heterocycles. The fourth-order valence-corrected chi connectivity index (χ4v) is 3.02. The highest BCUT2D eigenvalue weighted by atomic mass is 16.6. The highest BCUT2D eigenvalue weighted by Gasteiger charge is 2.55. The van der Waals surface area contributed by atoms with Crippen LogP contribution in [-0.4, -0.2) is 70.8 Å². The van der Waals surface area contributed by atoms with E-state index in [1.165, 1.54) is 6.92 Å². The maximum Gasteiger partial charge on any atom is 0.303 e. The molecule has 0 aromatic heterocycles. The van der Waals surface area contributed by atoms with Gasteiger partial charge in [0.1, 0.15) is 24.9 Å². The molecule has 0 aliphatic carbocycles. The van der Waals surface area contributed by atoms with Crippen molar-refractivity contribution >= 4 is 17.9 Å². The Balaban J connectivity index is 3.26. The highest BCUT2D eigenvalue weighted by molar-refractivity contribution is 5.67. The van der Waals surface area contributed by atoms with E-state index >= 15 is 0 Å². The molecule has 1 aliphatic rings. The zero-order valence-corrected chi connectivity index (χ0v) is 15.8. The third-order valence-corrected chi connectivity index (χ3v) is 4.47. The van der Waals surface area contributed by atoms with E-state index in [2.05, 4.69) is 0 Å². The minimum absolute atomic E-state index is 0.260. The van der Waals surface area contributed by atoms with E-state index in [0.29, 0.717) is 0 Å². The summed E-state index contributed by atoms with van der Waals surface area (Å²) in [6.45, 7) is 6.65. The summed E-state index contributed by atoms with van der Waals surface area (Å²) in [5.41, 5.74) is -1.41. The van der Waals surface area contributed by atoms with Gasteiger partial charge in [-0.25, -0.2) is 0 Å². The van der Waals surface area contributed by atoms with Crippen LogP contribution in [0.1, 0.15) is 47.5 Å². The van der Waals surface area contributed by atoms with Crippen molar-refractivity contribution in [2.24, 2.45) is 0 Å². The Bertz CT molecular complexity index is 514. The lowest BCUT2D eigenvalue weighted by molar-refractivity contribution is -0.279. The molecular formula is C17H28O9. The van der Waals surface area contributed by atoms with Gasteiger partial charge in [-0.3, -0.25) is 14.4 Å². The molecule has 5 atom stereocenters. The number of rotatable bonds is 7. The van der Waals surface area contributed by atoms with Crippen LogP contribution in [0, 0.1) is 0 Å². The van der Waals surface area contributed by atoms with E-state index in [4.69, 9.17) is 18.9 Å². The minimum Gasteiger partial charge on any atom is -0.463 e. The molecule has 0 aromatic rings. The molecule has 26 heavy (non-hydrogen) atoms. The second-order valence-corrected chi connectivity index (χ2v) is 6.35. The summed E-state index contributed by atoms with van der Waals surface area (Å²) in [4.78, 5) is 34.1. The molecule has 0 spiro atoms. The Labute approximate surface area is 152 Å². The molecule has 1 saturated heterocycles. The summed E-state index contributed by atoms with van der Waals surface area (Å²) in [5.74, 6) is -1.96. The quantitative estimate of drug-likeness (QED) is 0.469. The second-order valence-electron chi connectivity index (χ2n) is 6.35. The van der Waals surface area contributed by atoms with E-state index in [9.17, 15) is 24.6 Å². The summed E-state index contributed by atoms with van der Waals surface area (Å²) in [5, 5.41) is 21.5. The van der Waals surface area contributed by atoms with Gasteiger partial charge in [-0.15, -0.1) is 0 Å². The lowest BCUT2D eigenvalue weighted by atomic mass is 9.81. The van der Waals surface area contributed by atoms with Gasteiger partial charge < -0.3 is 29.2 Å². The van der Waals surface area contributed by atoms with Crippen LogP contribution in [0.2, 0.25) is 0 Å². The summed E-state index contributed by atoms with van der Waals surface area (Å²) < 4.78 is 21.1. The molecule has 1 aliphatic heterocycles. The molecule has 0 bridgehead atoms. The van der Waals surface area contributed by atoms with E-state index < -0.39 is 54.0 Å². The van der Waals surface area contributed by atoms with E-state index in [-0.39, 0.29) is 19.4 Å². The van der Waals surface area contributed by atoms with Crippen molar-refractivity contribution in [2.45, 2.75) is 83.6 Å². The molecule has 0 amide bonds. The van der Waals surface area contributed by atoms with Crippen LogP contribution in [0.3, 0.4) is 0 Å². The summed E-state index contributed by atoms with van der Waals surface area (Å²) >= 11 is 0. The van der Waals surface area contributed by atoms with Gasteiger partial charge in [-0.05, 0) is 12.8 Å². The van der Waals surface area contributed by atoms with Crippen molar-refractivity contribution in [3.05, 3.63) is 0 Å². The topological polar surface area (TPSA) is 129 Å². The molecule has 9 nitrogen and oxygen atoms in total. The Hall–Kier alpha value is -1.71. The molecule has 9 heteroatoms. The fourth-order valence-electron chi connectivity index (χ4n) is 3.02. The van der Waals surface area contributed by atoms with Gasteiger partial charge in [-0.1, -0.05) is 13.8 Å². The predicted molar refractivity (Wildman–Crippen MR) is 87.9 cm³/mol. The average molecular weight is 376 g/mol. The Morgan fingerprint density at radius 3 is 1.88 bits per heavy atom. The third kappa shape index (κ3) is 5.39. The number of ether oxygens (including phenoxy) is 4. The molecule has 2 N–H and O–H groups in total. The molecule has 150 valence electrons. The van der Waals surface area contributed by atoms with Crippen LogP contribution < -0.4 is 0 Å². The molecule has 0 unspecified atom stereocenters. The first-order chi connectivity index (χ1) is 12.1. The van der Waals surface area contributed by atoms with E-state index in [1.807, 2.05) is 0 Å². The van der Waals surface area contributed by atoms with Crippen LogP contribution in [0.25, 0.3) is 0 Å². The standard InChI is InChI=1S/C17H28O9/c1-6-17(22,7-2)16-13(21)15(25-11(5)20)14(24-10(4)19)12(26-16)8-23-9(3)18/h12-16,21-22H,6-8H2,1-5H3/t12-,13-,14+,15-,16-/m1/s1. The van der Waals surface area contributed by atoms with Gasteiger partial charge in [0.2, 0.25) is 0 Å². The van der Waals surface area contributed by atoms with Crippen molar-refractivity contribution in [3.63, 3.8) is 0 Å². The first-order valence-electron chi connectivity index (χ1n) is 8.59. The Morgan fingerprint density at radius 1 is 0.962 bits per heavy atom. The number of hydrogen-bond acceptors (Lipinski definition) is 9. The van der Waals surface area contributed by atoms with Gasteiger partial charge in [0.25, 0.3) is 0 Å². The summed E-state index contributed by atoms with van der Waals surface area (Å²) in [7, 11) is 0. The smallest absolute Gasteiger partial charge is 0.303 e. The SMILES string of the molecule is CCC(O)(CC)[C@@H]1O[C@H](COC(C)=O)[C@H](OC(C)=O)[C@H](OC(C)=O)[C@H]1O. The highest BCUT2D eigenvalue weighted by Crippen LogP contribution is 2.35. The second kappa shape index (κ2) is 9.29. The lowest BCUT2D eigenvalue weighted by Gasteiger charge is -2.48. The maximum atomic E-state index is 11.5. The molecule has 1 rings (SSSR count). The largest absolute Gasteiger partial charge is 0.463 e. The normalized spacial score (nSPS) is 29.0. The zero-order chi connectivity index (χ0) is 20.1. The number of aliphatic hydroxyl groups excluding tert-OH is 1. The Morgan fingerprint density at radius 2 is 1.46 bits per heavy atom. The van der Waals surface area contributed by atoms with Gasteiger partial charge in [0.05, 0.1) is 5.60 Å². The average Bonchev–Trinajstić information content (AvgIpc) is 2.55. The van der Waals surface area contributed by atoms with E-state index in [1.54, 1.807) is 13.8 Å². The molecule has 0 saturated carbocycles. The first kappa shape index (κ1) is 22.3. The van der Waals surface area contributed by atoms with Crippen LogP contribution >= 0.6 is 0 Å². The van der Waals surface area contributed by atoms with Gasteiger partial charge in [-0.2, -0.15) is 0 Å². The predicted octanol–water partition coefficient (Wildman–Crippen LogP) is 0.0923. The monoisotopic (exact) mass is 376 g/mol. The van der Waals surface area contributed by atoms with Gasteiger partial charge in [0, 0.05) is 20.8 Å². The maximum absolute atomic E-state index is 11.5. The summed E-state index contributed by atoms with van der Waals surface area (Å²) in [6, 6.07) is 0. The summed E-state index contributed by atoms with van der Waals surface area (Å²) in [6.07, 6.45) is -5.55. The molecular weight excluding hydrogens is 348 g/mol. The van der Waals surface area contributed by atoms with Crippen LogP contribution in [0.15, 0.2) is 0 Å². The third-order valence-electron chi connectivity index (χ3n) is 4.47. The number of esters is 3. The number of aliphatic hydroxyl groups is 2. The van der Waals surface area contributed by atoms with E-state index in [0.717, 1.165) is 13.8 Å². The number of carbonyl (C=O) groups is 3. The Kier molecular flexibility index (Phi) is 7.98.